The molecular weight excluding hydrogens is 300 g/mol. The maximum absolute atomic E-state index is 10.1. The Labute approximate surface area is 136 Å². The highest BCUT2D eigenvalue weighted by Gasteiger charge is 2.07. The Kier molecular flexibility index (Phi) is 6.56. The van der Waals surface area contributed by atoms with Gasteiger partial charge in [0.1, 0.15) is 11.5 Å². The maximum atomic E-state index is 10.1. The molecule has 0 aliphatic carbocycles. The highest BCUT2D eigenvalue weighted by Crippen LogP contribution is 2.23. The summed E-state index contributed by atoms with van der Waals surface area (Å²) in [6.45, 7) is 0.641. The van der Waals surface area contributed by atoms with Crippen LogP contribution in [0.4, 0.5) is 0 Å². The lowest BCUT2D eigenvalue weighted by Crippen LogP contribution is -2.00. The van der Waals surface area contributed by atoms with E-state index in [9.17, 15) is 10.2 Å². The quantitative estimate of drug-likeness (QED) is 0.692. The Morgan fingerprint density at radius 3 is 2.59 bits per heavy atom. The third kappa shape index (κ3) is 5.58. The summed E-state index contributed by atoms with van der Waals surface area (Å²) in [7, 11) is 0. The van der Waals surface area contributed by atoms with Gasteiger partial charge in [0.2, 0.25) is 0 Å². The highest BCUT2D eigenvalue weighted by atomic mass is 35.5. The minimum Gasteiger partial charge on any atom is -0.508 e. The second-order valence-electron chi connectivity index (χ2n) is 5.27. The first-order valence-electron chi connectivity index (χ1n) is 7.50. The van der Waals surface area contributed by atoms with Gasteiger partial charge in [0, 0.05) is 5.02 Å². The zero-order chi connectivity index (χ0) is 15.8. The Bertz CT molecular complexity index is 586. The van der Waals surface area contributed by atoms with Crippen LogP contribution < -0.4 is 4.74 Å². The van der Waals surface area contributed by atoms with Gasteiger partial charge in [-0.1, -0.05) is 36.2 Å². The summed E-state index contributed by atoms with van der Waals surface area (Å²) in [4.78, 5) is 0. The number of benzene rings is 2. The highest BCUT2D eigenvalue weighted by molar-refractivity contribution is 6.30. The van der Waals surface area contributed by atoms with Crippen molar-refractivity contribution in [3.63, 3.8) is 0 Å². The zero-order valence-corrected chi connectivity index (χ0v) is 13.2. The summed E-state index contributed by atoms with van der Waals surface area (Å²) in [5.41, 5.74) is 0.759. The van der Waals surface area contributed by atoms with Gasteiger partial charge in [-0.3, -0.25) is 0 Å². The Balaban J connectivity index is 1.61. The number of phenols is 1. The number of aliphatic hydroxyl groups is 1. The molecule has 0 spiro atoms. The van der Waals surface area contributed by atoms with E-state index in [-0.39, 0.29) is 5.75 Å². The van der Waals surface area contributed by atoms with Crippen LogP contribution in [0.5, 0.6) is 11.5 Å². The molecule has 0 aromatic heterocycles. The van der Waals surface area contributed by atoms with Gasteiger partial charge in [-0.15, -0.1) is 0 Å². The molecular formula is C18H21ClO3. The van der Waals surface area contributed by atoms with Crippen molar-refractivity contribution < 1.29 is 14.9 Å². The molecule has 0 amide bonds. The van der Waals surface area contributed by atoms with Crippen molar-refractivity contribution in [1.29, 1.82) is 0 Å². The number of aliphatic hydroxyl groups excluding tert-OH is 1. The Morgan fingerprint density at radius 1 is 1.00 bits per heavy atom. The van der Waals surface area contributed by atoms with E-state index in [1.54, 1.807) is 24.3 Å². The number of halogens is 1. The van der Waals surface area contributed by atoms with Gasteiger partial charge in [0.25, 0.3) is 0 Å². The van der Waals surface area contributed by atoms with E-state index in [0.717, 1.165) is 30.6 Å². The fraction of sp³-hybridized carbons (Fsp3) is 0.333. The van der Waals surface area contributed by atoms with Crippen LogP contribution in [0.3, 0.4) is 0 Å². The Hall–Kier alpha value is -1.71. The van der Waals surface area contributed by atoms with Crippen LogP contribution >= 0.6 is 11.6 Å². The van der Waals surface area contributed by atoms with Crippen LogP contribution in [0.15, 0.2) is 48.5 Å². The molecule has 1 unspecified atom stereocenters. The van der Waals surface area contributed by atoms with Crippen LogP contribution in [0, 0.1) is 0 Å². The van der Waals surface area contributed by atoms with E-state index in [2.05, 4.69) is 0 Å². The first-order chi connectivity index (χ1) is 10.6. The second kappa shape index (κ2) is 8.66. The van der Waals surface area contributed by atoms with Crippen molar-refractivity contribution in [2.24, 2.45) is 0 Å². The van der Waals surface area contributed by atoms with Crippen molar-refractivity contribution in [3.05, 3.63) is 59.1 Å². The number of hydrogen-bond acceptors (Lipinski definition) is 3. The van der Waals surface area contributed by atoms with E-state index in [4.69, 9.17) is 16.3 Å². The standard InChI is InChI=1S/C18H21ClO3/c19-15-7-5-9-17(13-15)22-11-3-1-2-10-18(21)14-6-4-8-16(20)12-14/h4-9,12-13,18,20-21H,1-3,10-11H2. The predicted octanol–water partition coefficient (Wildman–Crippen LogP) is 4.72. The minimum absolute atomic E-state index is 0.187. The van der Waals surface area contributed by atoms with Crippen LogP contribution in [0.1, 0.15) is 37.4 Å². The van der Waals surface area contributed by atoms with E-state index in [0.29, 0.717) is 18.1 Å². The summed E-state index contributed by atoms with van der Waals surface area (Å²) in [5, 5.41) is 20.1. The van der Waals surface area contributed by atoms with Crippen LogP contribution in [-0.2, 0) is 0 Å². The molecule has 0 radical (unpaired) electrons. The zero-order valence-electron chi connectivity index (χ0n) is 12.4. The van der Waals surface area contributed by atoms with Gasteiger partial charge in [-0.05, 0) is 55.2 Å². The monoisotopic (exact) mass is 320 g/mol. The number of phenolic OH excluding ortho intramolecular Hbond substituents is 1. The molecule has 0 heterocycles. The number of unbranched alkanes of at least 4 members (excludes halogenated alkanes) is 2. The minimum atomic E-state index is -0.527. The molecule has 1 atom stereocenters. The van der Waals surface area contributed by atoms with Crippen LogP contribution in [0.25, 0.3) is 0 Å². The lowest BCUT2D eigenvalue weighted by atomic mass is 10.0. The molecule has 2 aromatic rings. The van der Waals surface area contributed by atoms with E-state index >= 15 is 0 Å². The van der Waals surface area contributed by atoms with Crippen LogP contribution in [0.2, 0.25) is 5.02 Å². The third-order valence-corrected chi connectivity index (χ3v) is 3.68. The lowest BCUT2D eigenvalue weighted by molar-refractivity contribution is 0.162. The maximum Gasteiger partial charge on any atom is 0.120 e. The summed E-state index contributed by atoms with van der Waals surface area (Å²) in [5.74, 6) is 0.971. The smallest absolute Gasteiger partial charge is 0.120 e. The molecule has 3 nitrogen and oxygen atoms in total. The van der Waals surface area contributed by atoms with Crippen molar-refractivity contribution in [3.8, 4) is 11.5 Å². The molecule has 4 heteroatoms. The van der Waals surface area contributed by atoms with E-state index in [1.807, 2.05) is 24.3 Å². The number of hydrogen-bond donors (Lipinski definition) is 2. The summed E-state index contributed by atoms with van der Waals surface area (Å²) in [6, 6.07) is 14.1. The van der Waals surface area contributed by atoms with Gasteiger partial charge >= 0.3 is 0 Å². The van der Waals surface area contributed by atoms with E-state index < -0.39 is 6.10 Å². The average Bonchev–Trinajstić information content (AvgIpc) is 2.50. The fourth-order valence-electron chi connectivity index (χ4n) is 2.26. The summed E-state index contributed by atoms with van der Waals surface area (Å²) < 4.78 is 5.61. The largest absolute Gasteiger partial charge is 0.508 e. The molecule has 0 bridgehead atoms. The molecule has 2 N–H and O–H groups in total. The fourth-order valence-corrected chi connectivity index (χ4v) is 2.44. The van der Waals surface area contributed by atoms with E-state index in [1.165, 1.54) is 0 Å². The average molecular weight is 321 g/mol. The number of rotatable bonds is 8. The second-order valence-corrected chi connectivity index (χ2v) is 5.70. The van der Waals surface area contributed by atoms with Gasteiger partial charge in [0.15, 0.2) is 0 Å². The molecule has 0 saturated heterocycles. The molecule has 118 valence electrons. The summed E-state index contributed by atoms with van der Waals surface area (Å²) in [6.07, 6.45) is 2.98. The number of aromatic hydroxyl groups is 1. The van der Waals surface area contributed by atoms with Crippen molar-refractivity contribution in [2.45, 2.75) is 31.8 Å². The summed E-state index contributed by atoms with van der Waals surface area (Å²) >= 11 is 5.89. The first kappa shape index (κ1) is 16.7. The van der Waals surface area contributed by atoms with Gasteiger partial charge in [-0.25, -0.2) is 0 Å². The topological polar surface area (TPSA) is 49.7 Å². The van der Waals surface area contributed by atoms with Crippen LogP contribution in [-0.4, -0.2) is 16.8 Å². The normalized spacial score (nSPS) is 12.1. The van der Waals surface area contributed by atoms with Gasteiger partial charge < -0.3 is 14.9 Å². The Morgan fingerprint density at radius 2 is 1.82 bits per heavy atom. The number of ether oxygens (including phenoxy) is 1. The molecule has 2 rings (SSSR count). The SMILES string of the molecule is Oc1cccc(C(O)CCCCCOc2cccc(Cl)c2)c1. The molecule has 22 heavy (non-hydrogen) atoms. The molecule has 0 saturated carbocycles. The van der Waals surface area contributed by atoms with Gasteiger partial charge in [-0.2, -0.15) is 0 Å². The third-order valence-electron chi connectivity index (χ3n) is 3.44. The van der Waals surface area contributed by atoms with Crippen molar-refractivity contribution in [1.82, 2.24) is 0 Å². The van der Waals surface area contributed by atoms with Gasteiger partial charge in [0.05, 0.1) is 12.7 Å². The van der Waals surface area contributed by atoms with Crippen molar-refractivity contribution >= 4 is 11.6 Å². The molecule has 2 aromatic carbocycles. The molecule has 0 aliphatic rings. The molecule has 0 aliphatic heterocycles. The van der Waals surface area contributed by atoms with Crippen molar-refractivity contribution in [2.75, 3.05) is 6.61 Å². The predicted molar refractivity (Wildman–Crippen MR) is 88.5 cm³/mol. The first-order valence-corrected chi connectivity index (χ1v) is 7.88. The lowest BCUT2D eigenvalue weighted by Gasteiger charge is -2.11. The molecule has 0 fully saturated rings.